The zero-order valence-corrected chi connectivity index (χ0v) is 14.8. The smallest absolute Gasteiger partial charge is 0.230 e. The van der Waals surface area contributed by atoms with Crippen molar-refractivity contribution >= 4 is 18.3 Å². The Bertz CT molecular complexity index is 482. The van der Waals surface area contributed by atoms with E-state index in [9.17, 15) is 4.79 Å². The Hall–Kier alpha value is -1.06. The molecule has 2 rings (SSSR count). The molecule has 0 radical (unpaired) electrons. The van der Waals surface area contributed by atoms with Crippen molar-refractivity contribution in [1.29, 1.82) is 0 Å². The monoisotopic (exact) mass is 324 g/mol. The van der Waals surface area contributed by atoms with Crippen LogP contribution >= 0.6 is 12.4 Å². The second-order valence-electron chi connectivity index (χ2n) is 6.70. The minimum absolute atomic E-state index is 0. The van der Waals surface area contributed by atoms with E-state index in [1.807, 2.05) is 26.0 Å². The molecule has 1 aliphatic rings. The van der Waals surface area contributed by atoms with E-state index in [1.54, 1.807) is 0 Å². The van der Waals surface area contributed by atoms with Crippen LogP contribution in [0.2, 0.25) is 0 Å². The fraction of sp³-hybridized carbons (Fsp3) is 0.611. The van der Waals surface area contributed by atoms with E-state index >= 15 is 0 Å². The van der Waals surface area contributed by atoms with E-state index in [4.69, 9.17) is 0 Å². The lowest BCUT2D eigenvalue weighted by atomic mass is 9.81. The number of aryl methyl sites for hydroxylation is 1. The highest BCUT2D eigenvalue weighted by molar-refractivity contribution is 5.87. The zero-order valence-electron chi connectivity index (χ0n) is 13.9. The summed E-state index contributed by atoms with van der Waals surface area (Å²) >= 11 is 0. The van der Waals surface area contributed by atoms with Crippen molar-refractivity contribution < 1.29 is 4.79 Å². The predicted molar refractivity (Wildman–Crippen MR) is 94.7 cm³/mol. The minimum atomic E-state index is -0.476. The Labute approximate surface area is 140 Å². The molecule has 0 spiro atoms. The number of benzene rings is 1. The van der Waals surface area contributed by atoms with Gasteiger partial charge in [-0.15, -0.1) is 12.4 Å². The maximum absolute atomic E-state index is 12.5. The van der Waals surface area contributed by atoms with Gasteiger partial charge in [0, 0.05) is 6.54 Å². The third-order valence-corrected chi connectivity index (χ3v) is 4.62. The molecule has 1 unspecified atom stereocenters. The molecule has 124 valence electrons. The Kier molecular flexibility index (Phi) is 7.37. The number of halogens is 1. The first-order valence-corrected chi connectivity index (χ1v) is 8.07. The Morgan fingerprint density at radius 2 is 2.09 bits per heavy atom. The predicted octanol–water partition coefficient (Wildman–Crippen LogP) is 3.20. The van der Waals surface area contributed by atoms with Crippen molar-refractivity contribution in [1.82, 2.24) is 10.6 Å². The van der Waals surface area contributed by atoms with Gasteiger partial charge in [-0.1, -0.05) is 24.3 Å². The number of rotatable bonds is 5. The van der Waals surface area contributed by atoms with Crippen LogP contribution in [-0.4, -0.2) is 25.5 Å². The summed E-state index contributed by atoms with van der Waals surface area (Å²) in [6, 6.07) is 8.14. The second-order valence-corrected chi connectivity index (χ2v) is 6.70. The molecule has 0 saturated carbocycles. The molecule has 0 aromatic heterocycles. The average Bonchev–Trinajstić information content (AvgIpc) is 2.48. The van der Waals surface area contributed by atoms with Crippen molar-refractivity contribution in [2.75, 3.05) is 19.6 Å². The fourth-order valence-electron chi connectivity index (χ4n) is 3.18. The molecule has 1 saturated heterocycles. The summed E-state index contributed by atoms with van der Waals surface area (Å²) < 4.78 is 0. The quantitative estimate of drug-likeness (QED) is 0.873. The van der Waals surface area contributed by atoms with Gasteiger partial charge in [0.1, 0.15) is 0 Å². The lowest BCUT2D eigenvalue weighted by Crippen LogP contribution is -2.42. The van der Waals surface area contributed by atoms with Crippen molar-refractivity contribution in [3.63, 3.8) is 0 Å². The molecular formula is C18H29ClN2O. The first-order valence-electron chi connectivity index (χ1n) is 8.07. The normalized spacial score (nSPS) is 18.4. The van der Waals surface area contributed by atoms with E-state index in [0.717, 1.165) is 31.6 Å². The zero-order chi connectivity index (χ0) is 15.3. The molecular weight excluding hydrogens is 296 g/mol. The van der Waals surface area contributed by atoms with Crippen LogP contribution in [0.5, 0.6) is 0 Å². The summed E-state index contributed by atoms with van der Waals surface area (Å²) in [5, 5.41) is 6.55. The van der Waals surface area contributed by atoms with Crippen LogP contribution in [0.4, 0.5) is 0 Å². The maximum Gasteiger partial charge on any atom is 0.230 e. The number of nitrogens with one attached hydrogen (secondary N) is 2. The van der Waals surface area contributed by atoms with Gasteiger partial charge in [-0.05, 0) is 70.2 Å². The van der Waals surface area contributed by atoms with E-state index in [1.165, 1.54) is 18.4 Å². The van der Waals surface area contributed by atoms with Crippen molar-refractivity contribution in [2.45, 2.75) is 45.4 Å². The third-order valence-electron chi connectivity index (χ3n) is 4.62. The molecule has 1 aromatic rings. The SMILES string of the molecule is Cc1ccccc1C(C)(C)C(=O)NCCC1CCCNC1.Cl. The third kappa shape index (κ3) is 4.72. The molecule has 1 aromatic carbocycles. The lowest BCUT2D eigenvalue weighted by Gasteiger charge is -2.27. The standard InChI is InChI=1S/C18H28N2O.ClH/c1-14-7-4-5-9-16(14)18(2,3)17(21)20-12-10-15-8-6-11-19-13-15;/h4-5,7,9,15,19H,6,8,10-13H2,1-3H3,(H,20,21);1H. The summed E-state index contributed by atoms with van der Waals surface area (Å²) in [6.45, 7) is 9.10. The van der Waals surface area contributed by atoms with Crippen LogP contribution in [0.15, 0.2) is 24.3 Å². The van der Waals surface area contributed by atoms with Gasteiger partial charge in [0.25, 0.3) is 0 Å². The molecule has 1 amide bonds. The highest BCUT2D eigenvalue weighted by atomic mass is 35.5. The van der Waals surface area contributed by atoms with Crippen LogP contribution in [0.25, 0.3) is 0 Å². The van der Waals surface area contributed by atoms with Crippen LogP contribution < -0.4 is 10.6 Å². The first kappa shape index (κ1) is 19.0. The Morgan fingerprint density at radius 3 is 2.73 bits per heavy atom. The molecule has 2 N–H and O–H groups in total. The van der Waals surface area contributed by atoms with Crippen LogP contribution in [0.1, 0.15) is 44.2 Å². The summed E-state index contributed by atoms with van der Waals surface area (Å²) in [5.74, 6) is 0.834. The minimum Gasteiger partial charge on any atom is -0.355 e. The number of hydrogen-bond acceptors (Lipinski definition) is 2. The Morgan fingerprint density at radius 1 is 1.36 bits per heavy atom. The van der Waals surface area contributed by atoms with Gasteiger partial charge in [-0.2, -0.15) is 0 Å². The lowest BCUT2D eigenvalue weighted by molar-refractivity contribution is -0.125. The van der Waals surface area contributed by atoms with Gasteiger partial charge >= 0.3 is 0 Å². The van der Waals surface area contributed by atoms with Gasteiger partial charge in [0.15, 0.2) is 0 Å². The molecule has 4 heteroatoms. The van der Waals surface area contributed by atoms with E-state index in [-0.39, 0.29) is 18.3 Å². The maximum atomic E-state index is 12.5. The highest BCUT2D eigenvalue weighted by Crippen LogP contribution is 2.26. The van der Waals surface area contributed by atoms with Crippen molar-refractivity contribution in [2.24, 2.45) is 5.92 Å². The van der Waals surface area contributed by atoms with Crippen LogP contribution in [0, 0.1) is 12.8 Å². The number of carbonyl (C=O) groups is 1. The van der Waals surface area contributed by atoms with Gasteiger partial charge in [-0.3, -0.25) is 4.79 Å². The van der Waals surface area contributed by atoms with Crippen molar-refractivity contribution in [3.05, 3.63) is 35.4 Å². The molecule has 22 heavy (non-hydrogen) atoms. The van der Waals surface area contributed by atoms with Crippen LogP contribution in [-0.2, 0) is 10.2 Å². The fourth-order valence-corrected chi connectivity index (χ4v) is 3.18. The molecule has 1 heterocycles. The molecule has 1 aliphatic heterocycles. The molecule has 1 atom stereocenters. The van der Waals surface area contributed by atoms with Gasteiger partial charge in [-0.25, -0.2) is 0 Å². The van der Waals surface area contributed by atoms with Gasteiger partial charge in [0.2, 0.25) is 5.91 Å². The summed E-state index contributed by atoms with van der Waals surface area (Å²) in [5.41, 5.74) is 1.81. The van der Waals surface area contributed by atoms with Crippen molar-refractivity contribution in [3.8, 4) is 0 Å². The summed E-state index contributed by atoms with van der Waals surface area (Å²) in [4.78, 5) is 12.5. The number of piperidine rings is 1. The van der Waals surface area contributed by atoms with E-state index < -0.39 is 5.41 Å². The topological polar surface area (TPSA) is 41.1 Å². The largest absolute Gasteiger partial charge is 0.355 e. The molecule has 3 nitrogen and oxygen atoms in total. The van der Waals surface area contributed by atoms with Gasteiger partial charge in [0.05, 0.1) is 5.41 Å². The Balaban J connectivity index is 0.00000242. The number of carbonyl (C=O) groups excluding carboxylic acids is 1. The summed E-state index contributed by atoms with van der Waals surface area (Å²) in [7, 11) is 0. The van der Waals surface area contributed by atoms with Gasteiger partial charge < -0.3 is 10.6 Å². The van der Waals surface area contributed by atoms with Crippen LogP contribution in [0.3, 0.4) is 0 Å². The number of hydrogen-bond donors (Lipinski definition) is 2. The van der Waals surface area contributed by atoms with E-state index in [0.29, 0.717) is 5.92 Å². The first-order chi connectivity index (χ1) is 10.0. The molecule has 0 aliphatic carbocycles. The van der Waals surface area contributed by atoms with E-state index in [2.05, 4.69) is 29.7 Å². The average molecular weight is 325 g/mol. The number of amides is 1. The highest BCUT2D eigenvalue weighted by Gasteiger charge is 2.30. The molecule has 0 bridgehead atoms. The molecule has 1 fully saturated rings. The second kappa shape index (κ2) is 8.54. The summed E-state index contributed by atoms with van der Waals surface area (Å²) in [6.07, 6.45) is 3.61.